The number of benzene rings is 1. The van der Waals surface area contributed by atoms with Crippen molar-refractivity contribution >= 4 is 34.1 Å². The number of fused-ring (bicyclic) bond motifs is 2. The molecule has 218 valence electrons. The number of pyridine rings is 1. The zero-order valence-corrected chi connectivity index (χ0v) is 24.8. The van der Waals surface area contributed by atoms with E-state index in [-0.39, 0.29) is 12.0 Å². The molecule has 4 heterocycles. The number of hydrogen-bond acceptors (Lipinski definition) is 7. The summed E-state index contributed by atoms with van der Waals surface area (Å²) in [5.41, 5.74) is 3.23. The number of carbonyl (C=O) groups is 2. The molecule has 1 atom stereocenters. The summed E-state index contributed by atoms with van der Waals surface area (Å²) in [7, 11) is 5.13. The number of ether oxygens (including phenoxy) is 3. The van der Waals surface area contributed by atoms with E-state index in [0.29, 0.717) is 48.8 Å². The summed E-state index contributed by atoms with van der Waals surface area (Å²) in [6, 6.07) is 9.46. The molecule has 11 heteroatoms. The van der Waals surface area contributed by atoms with Gasteiger partial charge in [0.1, 0.15) is 23.0 Å². The van der Waals surface area contributed by atoms with Gasteiger partial charge in [0.2, 0.25) is 5.88 Å². The van der Waals surface area contributed by atoms with E-state index in [1.807, 2.05) is 44.5 Å². The molecule has 1 aromatic carbocycles. The van der Waals surface area contributed by atoms with E-state index in [0.717, 1.165) is 34.5 Å². The van der Waals surface area contributed by atoms with Gasteiger partial charge >= 0.3 is 6.09 Å². The average molecular weight is 563 g/mol. The van der Waals surface area contributed by atoms with E-state index >= 15 is 0 Å². The van der Waals surface area contributed by atoms with Crippen LogP contribution >= 0.6 is 0 Å². The van der Waals surface area contributed by atoms with E-state index in [2.05, 4.69) is 27.9 Å². The Morgan fingerprint density at radius 2 is 1.88 bits per heavy atom. The molecule has 1 aliphatic heterocycles. The minimum Gasteiger partial charge on any atom is -0.494 e. The van der Waals surface area contributed by atoms with E-state index in [1.165, 1.54) is 0 Å². The van der Waals surface area contributed by atoms with Gasteiger partial charge in [0.25, 0.3) is 5.91 Å². The summed E-state index contributed by atoms with van der Waals surface area (Å²) in [5.74, 6) is 1.69. The average Bonchev–Trinajstić information content (AvgIpc) is 3.47. The minimum absolute atomic E-state index is 0.152. The van der Waals surface area contributed by atoms with Crippen LogP contribution in [0.1, 0.15) is 50.9 Å². The Kier molecular flexibility index (Phi) is 7.54. The third kappa shape index (κ3) is 5.53. The number of imidazole rings is 1. The number of rotatable bonds is 6. The molecular weight excluding hydrogens is 524 g/mol. The van der Waals surface area contributed by atoms with Crippen molar-refractivity contribution in [3.05, 3.63) is 35.9 Å². The Labute approximate surface area is 239 Å². The first-order valence-corrected chi connectivity index (χ1v) is 13.9. The van der Waals surface area contributed by atoms with Gasteiger partial charge in [-0.05, 0) is 64.8 Å². The van der Waals surface area contributed by atoms with Crippen LogP contribution in [-0.4, -0.2) is 75.0 Å². The van der Waals surface area contributed by atoms with Crippen molar-refractivity contribution in [2.24, 2.45) is 7.05 Å². The van der Waals surface area contributed by atoms with Crippen molar-refractivity contribution < 1.29 is 23.8 Å². The minimum atomic E-state index is -0.473. The van der Waals surface area contributed by atoms with Gasteiger partial charge in [-0.2, -0.15) is 4.98 Å². The highest BCUT2D eigenvalue weighted by Crippen LogP contribution is 2.34. The molecule has 0 radical (unpaired) electrons. The fourth-order valence-corrected chi connectivity index (χ4v) is 5.44. The molecule has 4 aromatic rings. The predicted octanol–water partition coefficient (Wildman–Crippen LogP) is 4.76. The molecule has 5 rings (SSSR count). The molecule has 1 N–H and O–H groups in total. The van der Waals surface area contributed by atoms with E-state index in [9.17, 15) is 9.59 Å². The number of nitrogens with one attached hydrogen (secondary N) is 1. The second-order valence-electron chi connectivity index (χ2n) is 11.4. The monoisotopic (exact) mass is 562 g/mol. The molecule has 0 aliphatic carbocycles. The Bertz CT molecular complexity index is 1620. The molecule has 0 saturated carbocycles. The number of likely N-dealkylation sites (tertiary alicyclic amines) is 1. The molecule has 1 fully saturated rings. The molecule has 3 aromatic heterocycles. The van der Waals surface area contributed by atoms with Gasteiger partial charge in [-0.25, -0.2) is 9.78 Å². The lowest BCUT2D eigenvalue weighted by atomic mass is 10.1. The van der Waals surface area contributed by atoms with Crippen LogP contribution in [-0.2, 0) is 18.3 Å². The maximum absolute atomic E-state index is 13.7. The fourth-order valence-electron chi connectivity index (χ4n) is 5.44. The first-order valence-electron chi connectivity index (χ1n) is 13.9. The number of aromatic nitrogens is 4. The Hall–Kier alpha value is -4.28. The quantitative estimate of drug-likeness (QED) is 0.361. The lowest BCUT2D eigenvalue weighted by Gasteiger charge is -2.33. The topological polar surface area (TPSA) is 113 Å². The van der Waals surface area contributed by atoms with Crippen LogP contribution in [0.4, 0.5) is 4.79 Å². The standard InChI is InChI=1S/C30H38N6O5/c1-8-36-22(15-18-11-12-24(40-7)32-26(18)36)27-31-21-14-19(16-23(39-6)25(21)34(27)5)28(37)35-13-9-10-20(17-35)41-29(38)33-30(2,3)4/h11-12,14-16,20H,8-10,13,17H2,1-7H3,(H,33,38)/t20-/m1/s1. The number of aryl methyl sites for hydroxylation is 2. The van der Waals surface area contributed by atoms with Gasteiger partial charge in [-0.15, -0.1) is 0 Å². The third-order valence-electron chi connectivity index (χ3n) is 7.29. The lowest BCUT2D eigenvalue weighted by Crippen LogP contribution is -2.47. The van der Waals surface area contributed by atoms with Gasteiger partial charge < -0.3 is 33.6 Å². The summed E-state index contributed by atoms with van der Waals surface area (Å²) < 4.78 is 20.8. The van der Waals surface area contributed by atoms with Crippen LogP contribution in [0.2, 0.25) is 0 Å². The molecule has 41 heavy (non-hydrogen) atoms. The molecule has 0 spiro atoms. The number of alkyl carbamates (subject to hydrolysis) is 1. The van der Waals surface area contributed by atoms with Crippen molar-refractivity contribution in [2.45, 2.75) is 58.7 Å². The summed E-state index contributed by atoms with van der Waals surface area (Å²) >= 11 is 0. The second kappa shape index (κ2) is 10.9. The van der Waals surface area contributed by atoms with Crippen LogP contribution < -0.4 is 14.8 Å². The number of methoxy groups -OCH3 is 2. The summed E-state index contributed by atoms with van der Waals surface area (Å²) in [5, 5.41) is 3.80. The van der Waals surface area contributed by atoms with Gasteiger partial charge in [-0.1, -0.05) is 0 Å². The van der Waals surface area contributed by atoms with Gasteiger partial charge in [0.15, 0.2) is 5.82 Å². The Morgan fingerprint density at radius 1 is 1.10 bits per heavy atom. The first-order chi connectivity index (χ1) is 19.5. The van der Waals surface area contributed by atoms with E-state index in [4.69, 9.17) is 19.2 Å². The number of hydrogen-bond donors (Lipinski definition) is 1. The van der Waals surface area contributed by atoms with Crippen LogP contribution in [0.5, 0.6) is 11.6 Å². The lowest BCUT2D eigenvalue weighted by molar-refractivity contribution is 0.0322. The highest BCUT2D eigenvalue weighted by Gasteiger charge is 2.29. The molecular formula is C30H38N6O5. The van der Waals surface area contributed by atoms with Crippen LogP contribution in [0.15, 0.2) is 30.3 Å². The highest BCUT2D eigenvalue weighted by molar-refractivity contribution is 6.00. The van der Waals surface area contributed by atoms with Crippen molar-refractivity contribution in [2.75, 3.05) is 27.3 Å². The first kappa shape index (κ1) is 28.3. The van der Waals surface area contributed by atoms with Gasteiger partial charge in [0, 0.05) is 42.7 Å². The zero-order valence-electron chi connectivity index (χ0n) is 24.8. The summed E-state index contributed by atoms with van der Waals surface area (Å²) in [6.07, 6.45) is 0.607. The van der Waals surface area contributed by atoms with E-state index in [1.54, 1.807) is 31.3 Å². The Balaban J connectivity index is 1.47. The highest BCUT2D eigenvalue weighted by atomic mass is 16.6. The summed E-state index contributed by atoms with van der Waals surface area (Å²) in [6.45, 7) is 9.35. The van der Waals surface area contributed by atoms with E-state index < -0.39 is 11.6 Å². The number of amides is 2. The van der Waals surface area contributed by atoms with Gasteiger partial charge in [0.05, 0.1) is 32.0 Å². The van der Waals surface area contributed by atoms with Crippen LogP contribution in [0.3, 0.4) is 0 Å². The molecule has 1 aliphatic rings. The van der Waals surface area contributed by atoms with Crippen molar-refractivity contribution in [1.29, 1.82) is 0 Å². The van der Waals surface area contributed by atoms with Crippen molar-refractivity contribution in [1.82, 2.24) is 29.3 Å². The third-order valence-corrected chi connectivity index (χ3v) is 7.29. The maximum Gasteiger partial charge on any atom is 0.407 e. The molecule has 11 nitrogen and oxygen atoms in total. The SMILES string of the molecule is CCn1c(-c2nc3cc(C(=O)N4CCC[C@@H](OC(=O)NC(C)(C)C)C4)cc(OC)c3n2C)cc2ccc(OC)nc21. The smallest absolute Gasteiger partial charge is 0.407 e. The zero-order chi connectivity index (χ0) is 29.5. The number of piperidine rings is 1. The van der Waals surface area contributed by atoms with Gasteiger partial charge in [-0.3, -0.25) is 4.79 Å². The van der Waals surface area contributed by atoms with Crippen LogP contribution in [0, 0.1) is 0 Å². The maximum atomic E-state index is 13.7. The summed E-state index contributed by atoms with van der Waals surface area (Å²) in [4.78, 5) is 37.3. The Morgan fingerprint density at radius 3 is 2.56 bits per heavy atom. The normalized spacial score (nSPS) is 15.8. The van der Waals surface area contributed by atoms with Crippen molar-refractivity contribution in [3.8, 4) is 23.1 Å². The van der Waals surface area contributed by atoms with Crippen molar-refractivity contribution in [3.63, 3.8) is 0 Å². The number of carbonyl (C=O) groups excluding carboxylic acids is 2. The molecule has 1 saturated heterocycles. The molecule has 0 bridgehead atoms. The molecule has 2 amide bonds. The largest absolute Gasteiger partial charge is 0.494 e. The molecule has 0 unspecified atom stereocenters. The second-order valence-corrected chi connectivity index (χ2v) is 11.4. The predicted molar refractivity (Wildman–Crippen MR) is 157 cm³/mol. The van der Waals surface area contributed by atoms with Crippen LogP contribution in [0.25, 0.3) is 33.6 Å². The number of nitrogens with zero attached hydrogens (tertiary/aromatic N) is 5. The fraction of sp³-hybridized carbons (Fsp3) is 0.467.